The van der Waals surface area contributed by atoms with Crippen LogP contribution < -0.4 is 0 Å². The fraction of sp³-hybridized carbons (Fsp3) is 0. The lowest BCUT2D eigenvalue weighted by Gasteiger charge is -2.16. The summed E-state index contributed by atoms with van der Waals surface area (Å²) in [5.41, 5.74) is 11.4. The molecule has 2 aromatic heterocycles. The van der Waals surface area contributed by atoms with E-state index >= 15 is 0 Å². The van der Waals surface area contributed by atoms with E-state index in [2.05, 4.69) is 98.9 Å². The average Bonchev–Trinajstić information content (AvgIpc) is 3.70. The number of nitrogens with zero attached hydrogens (tertiary/aromatic N) is 5. The van der Waals surface area contributed by atoms with Crippen molar-refractivity contribution in [2.24, 2.45) is 0 Å². The maximum atomic E-state index is 10.3. The van der Waals surface area contributed by atoms with Gasteiger partial charge in [0.2, 0.25) is 0 Å². The topological polar surface area (TPSA) is 61.8 Å². The molecule has 0 unspecified atom stereocenters. The van der Waals surface area contributed by atoms with Crippen LogP contribution in [-0.4, -0.2) is 9.13 Å². The highest BCUT2D eigenvalue weighted by Crippen LogP contribution is 2.40. The third kappa shape index (κ3) is 4.45. The summed E-state index contributed by atoms with van der Waals surface area (Å²) in [6.07, 6.45) is 0. The van der Waals surface area contributed by atoms with Gasteiger partial charge in [-0.05, 0) is 89.5 Å². The van der Waals surface area contributed by atoms with Crippen LogP contribution in [0.2, 0.25) is 0 Å². The molecule has 0 saturated heterocycles. The first-order chi connectivity index (χ1) is 24.6. The first-order valence-corrected chi connectivity index (χ1v) is 16.2. The molecule has 9 rings (SSSR count). The minimum absolute atomic E-state index is 0.544. The molecule has 5 heteroatoms. The first-order valence-electron chi connectivity index (χ1n) is 16.2. The lowest BCUT2D eigenvalue weighted by Crippen LogP contribution is -1.98. The Balaban J connectivity index is 1.25. The molecule has 9 aromatic rings. The molecule has 0 atom stereocenters. The highest BCUT2D eigenvalue weighted by molar-refractivity contribution is 6.11. The number of nitriles is 2. The highest BCUT2D eigenvalue weighted by Gasteiger charge is 2.18. The molecule has 0 spiro atoms. The van der Waals surface area contributed by atoms with E-state index in [0.717, 1.165) is 77.2 Å². The Morgan fingerprint density at radius 1 is 0.460 bits per heavy atom. The Morgan fingerprint density at radius 3 is 1.76 bits per heavy atom. The zero-order chi connectivity index (χ0) is 33.8. The quantitative estimate of drug-likeness (QED) is 0.181. The van der Waals surface area contributed by atoms with Gasteiger partial charge >= 0.3 is 0 Å². The van der Waals surface area contributed by atoms with Crippen molar-refractivity contribution in [3.8, 4) is 45.8 Å². The molecule has 50 heavy (non-hydrogen) atoms. The Bertz CT molecular complexity index is 2920. The number of hydrogen-bond donors (Lipinski definition) is 0. The van der Waals surface area contributed by atoms with Crippen LogP contribution in [0.4, 0.5) is 5.69 Å². The van der Waals surface area contributed by atoms with Gasteiger partial charge in [-0.25, -0.2) is 4.85 Å². The SMILES string of the molecule is [C-]#[N+]c1ccc(-c2cc(C#N)cc(-c3cccc(-n4c5ccccc5c5cc(C#N)ccc54)c3)c2)c(-n2c3ccccc3c3ccccc32)c1. The zero-order valence-corrected chi connectivity index (χ0v) is 26.7. The number of para-hydroxylation sites is 3. The predicted octanol–water partition coefficient (Wildman–Crippen LogP) is 11.5. The van der Waals surface area contributed by atoms with Crippen molar-refractivity contribution in [3.63, 3.8) is 0 Å². The molecule has 2 heterocycles. The van der Waals surface area contributed by atoms with Crippen molar-refractivity contribution in [1.29, 1.82) is 10.5 Å². The second-order valence-corrected chi connectivity index (χ2v) is 12.3. The van der Waals surface area contributed by atoms with Crippen LogP contribution in [0.3, 0.4) is 0 Å². The third-order valence-corrected chi connectivity index (χ3v) is 9.54. The molecule has 0 fully saturated rings. The molecule has 0 radical (unpaired) electrons. The molecule has 0 bridgehead atoms. The molecular weight excluding hydrogens is 611 g/mol. The normalized spacial score (nSPS) is 11.1. The van der Waals surface area contributed by atoms with Crippen molar-refractivity contribution >= 4 is 49.3 Å². The van der Waals surface area contributed by atoms with Crippen molar-refractivity contribution in [1.82, 2.24) is 9.13 Å². The van der Waals surface area contributed by atoms with E-state index in [-0.39, 0.29) is 0 Å². The lowest BCUT2D eigenvalue weighted by molar-refractivity contribution is 1.18. The zero-order valence-electron chi connectivity index (χ0n) is 26.7. The van der Waals surface area contributed by atoms with Crippen LogP contribution in [0.15, 0.2) is 152 Å². The summed E-state index contributed by atoms with van der Waals surface area (Å²) in [7, 11) is 0. The van der Waals surface area contributed by atoms with Gasteiger partial charge in [0.1, 0.15) is 0 Å². The molecule has 0 aliphatic carbocycles. The molecule has 0 amide bonds. The lowest BCUT2D eigenvalue weighted by atomic mass is 9.95. The monoisotopic (exact) mass is 635 g/mol. The van der Waals surface area contributed by atoms with Crippen LogP contribution in [-0.2, 0) is 0 Å². The van der Waals surface area contributed by atoms with Gasteiger partial charge in [0.05, 0.1) is 51.9 Å². The Hall–Kier alpha value is -7.39. The molecule has 0 saturated carbocycles. The Morgan fingerprint density at radius 2 is 1.08 bits per heavy atom. The van der Waals surface area contributed by atoms with Gasteiger partial charge in [0, 0.05) is 38.5 Å². The van der Waals surface area contributed by atoms with Crippen LogP contribution in [0.1, 0.15) is 11.1 Å². The Labute approximate surface area is 288 Å². The van der Waals surface area contributed by atoms with Gasteiger partial charge in [0.25, 0.3) is 0 Å². The van der Waals surface area contributed by atoms with E-state index < -0.39 is 0 Å². The van der Waals surface area contributed by atoms with Crippen molar-refractivity contribution in [2.75, 3.05) is 0 Å². The Kier molecular flexibility index (Phi) is 6.56. The number of hydrogen-bond acceptors (Lipinski definition) is 2. The van der Waals surface area contributed by atoms with E-state index in [4.69, 9.17) is 6.57 Å². The van der Waals surface area contributed by atoms with E-state index in [0.29, 0.717) is 16.8 Å². The summed E-state index contributed by atoms with van der Waals surface area (Å²) >= 11 is 0. The van der Waals surface area contributed by atoms with Gasteiger partial charge in [0.15, 0.2) is 5.69 Å². The van der Waals surface area contributed by atoms with E-state index in [1.165, 1.54) is 0 Å². The molecule has 5 nitrogen and oxygen atoms in total. The van der Waals surface area contributed by atoms with Crippen molar-refractivity contribution < 1.29 is 0 Å². The smallest absolute Gasteiger partial charge is 0.189 e. The van der Waals surface area contributed by atoms with E-state index in [1.54, 1.807) is 0 Å². The maximum Gasteiger partial charge on any atom is 0.189 e. The molecule has 230 valence electrons. The van der Waals surface area contributed by atoms with E-state index in [1.807, 2.05) is 78.9 Å². The van der Waals surface area contributed by atoms with Gasteiger partial charge in [-0.3, -0.25) is 0 Å². The highest BCUT2D eigenvalue weighted by atomic mass is 15.0. The number of aromatic nitrogens is 2. The maximum absolute atomic E-state index is 10.3. The summed E-state index contributed by atoms with van der Waals surface area (Å²) in [6.45, 7) is 7.83. The standard InChI is InChI=1S/C45H25N5/c1-48-34-18-19-36(45(26-34)50-42-15-6-2-11-37(42)38-12-3-7-16-43(38)50)33-22-30(28-47)21-32(24-33)31-9-8-10-35(25-31)49-41-14-5-4-13-39(41)40-23-29(27-46)17-20-44(40)49/h2-26H. The van der Waals surface area contributed by atoms with Gasteiger partial charge in [-0.1, -0.05) is 78.9 Å². The van der Waals surface area contributed by atoms with Crippen molar-refractivity contribution in [3.05, 3.63) is 174 Å². The first kappa shape index (κ1) is 28.8. The van der Waals surface area contributed by atoms with Gasteiger partial charge in [-0.15, -0.1) is 0 Å². The van der Waals surface area contributed by atoms with Crippen LogP contribution in [0, 0.1) is 29.2 Å². The third-order valence-electron chi connectivity index (χ3n) is 9.54. The molecule has 7 aromatic carbocycles. The summed E-state index contributed by atoms with van der Waals surface area (Å²) in [5.74, 6) is 0. The van der Waals surface area contributed by atoms with Crippen LogP contribution in [0.5, 0.6) is 0 Å². The summed E-state index contributed by atoms with van der Waals surface area (Å²) in [4.78, 5) is 3.79. The minimum atomic E-state index is 0.544. The van der Waals surface area contributed by atoms with Gasteiger partial charge in [-0.2, -0.15) is 10.5 Å². The molecule has 0 N–H and O–H groups in total. The molecule has 0 aliphatic rings. The van der Waals surface area contributed by atoms with E-state index in [9.17, 15) is 10.5 Å². The molecular formula is C45H25N5. The van der Waals surface area contributed by atoms with Crippen LogP contribution in [0.25, 0.3) is 82.1 Å². The fourth-order valence-corrected chi connectivity index (χ4v) is 7.36. The summed E-state index contributed by atoms with van der Waals surface area (Å²) in [6, 6.07) is 55.6. The fourth-order valence-electron chi connectivity index (χ4n) is 7.36. The number of rotatable bonds is 4. The van der Waals surface area contributed by atoms with Crippen molar-refractivity contribution in [2.45, 2.75) is 0 Å². The second kappa shape index (κ2) is 11.4. The van der Waals surface area contributed by atoms with Gasteiger partial charge < -0.3 is 9.13 Å². The summed E-state index contributed by atoms with van der Waals surface area (Å²) in [5, 5.41) is 24.2. The molecule has 0 aliphatic heterocycles. The largest absolute Gasteiger partial charge is 0.310 e. The second-order valence-electron chi connectivity index (χ2n) is 12.3. The van der Waals surface area contributed by atoms with Crippen LogP contribution >= 0.6 is 0 Å². The predicted molar refractivity (Wildman–Crippen MR) is 202 cm³/mol. The minimum Gasteiger partial charge on any atom is -0.310 e. The number of benzene rings is 7. The number of fused-ring (bicyclic) bond motifs is 6. The summed E-state index contributed by atoms with van der Waals surface area (Å²) < 4.78 is 4.46. The average molecular weight is 636 g/mol.